The predicted molar refractivity (Wildman–Crippen MR) is 116 cm³/mol. The molecule has 0 aromatic rings. The van der Waals surface area contributed by atoms with Crippen LogP contribution in [0.5, 0.6) is 0 Å². The van der Waals surface area contributed by atoms with E-state index in [2.05, 4.69) is 27.7 Å². The first-order chi connectivity index (χ1) is 13.5. The van der Waals surface area contributed by atoms with Gasteiger partial charge in [0.15, 0.2) is 0 Å². The summed E-state index contributed by atoms with van der Waals surface area (Å²) < 4.78 is 11.4. The summed E-state index contributed by atoms with van der Waals surface area (Å²) in [5.41, 5.74) is 0. The lowest BCUT2D eigenvalue weighted by Gasteiger charge is -2.33. The van der Waals surface area contributed by atoms with Crippen LogP contribution >= 0.6 is 0 Å². The summed E-state index contributed by atoms with van der Waals surface area (Å²) in [5.74, 6) is 2.80. The number of unbranched alkanes of at least 4 members (excludes halogenated alkanes) is 2. The lowest BCUT2D eigenvalue weighted by atomic mass is 9.78. The minimum atomic E-state index is -0.443. The molecule has 2 aliphatic rings. The first kappa shape index (κ1) is 23.5. The van der Waals surface area contributed by atoms with E-state index in [0.717, 1.165) is 11.8 Å². The molecule has 0 aromatic carbocycles. The summed E-state index contributed by atoms with van der Waals surface area (Å²) >= 11 is 0. The van der Waals surface area contributed by atoms with Crippen molar-refractivity contribution in [3.63, 3.8) is 0 Å². The molecular weight excluding hydrogens is 348 g/mol. The normalized spacial score (nSPS) is 30.4. The number of rotatable bonds is 10. The standard InChI is InChI=1S/C25H46O3/c1-5-7-9-21-11-15-23(16-12-21)19(3)27-25(26)28-20(4)24-17-13-22(14-18-24)10-8-6-2/h19-24H,5-18H2,1-4H3. The fourth-order valence-electron chi connectivity index (χ4n) is 5.40. The molecule has 0 saturated heterocycles. The summed E-state index contributed by atoms with van der Waals surface area (Å²) in [6, 6.07) is 0. The van der Waals surface area contributed by atoms with E-state index in [1.54, 1.807) is 0 Å². The predicted octanol–water partition coefficient (Wildman–Crippen LogP) is 7.91. The van der Waals surface area contributed by atoms with Crippen molar-refractivity contribution in [1.82, 2.24) is 0 Å². The van der Waals surface area contributed by atoms with Gasteiger partial charge in [-0.3, -0.25) is 0 Å². The second kappa shape index (κ2) is 12.8. The molecular formula is C25H46O3. The third-order valence-corrected chi connectivity index (χ3v) is 7.61. The van der Waals surface area contributed by atoms with Crippen molar-refractivity contribution >= 4 is 6.16 Å². The van der Waals surface area contributed by atoms with Crippen LogP contribution in [-0.2, 0) is 9.47 Å². The highest BCUT2D eigenvalue weighted by Crippen LogP contribution is 2.36. The second-order valence-corrected chi connectivity index (χ2v) is 9.74. The Balaban J connectivity index is 1.63. The first-order valence-electron chi connectivity index (χ1n) is 12.4. The van der Waals surface area contributed by atoms with Gasteiger partial charge in [-0.2, -0.15) is 0 Å². The number of hydrogen-bond donors (Lipinski definition) is 0. The summed E-state index contributed by atoms with van der Waals surface area (Å²) in [6.45, 7) is 8.66. The van der Waals surface area contributed by atoms with Gasteiger partial charge in [0.05, 0.1) is 0 Å². The molecule has 2 aliphatic carbocycles. The van der Waals surface area contributed by atoms with E-state index in [9.17, 15) is 4.79 Å². The molecule has 3 nitrogen and oxygen atoms in total. The van der Waals surface area contributed by atoms with Crippen LogP contribution in [-0.4, -0.2) is 18.4 Å². The van der Waals surface area contributed by atoms with Gasteiger partial charge in [-0.1, -0.05) is 78.1 Å². The Hall–Kier alpha value is -0.730. The lowest BCUT2D eigenvalue weighted by molar-refractivity contribution is -0.0333. The zero-order valence-corrected chi connectivity index (χ0v) is 19.1. The highest BCUT2D eigenvalue weighted by atomic mass is 16.7. The Bertz CT molecular complexity index is 382. The third-order valence-electron chi connectivity index (χ3n) is 7.61. The SMILES string of the molecule is CCCCC1CCC(C(C)OC(=O)OC(C)C2CCC(CCCC)CC2)CC1. The number of carbonyl (C=O) groups excluding carboxylic acids is 1. The maximum Gasteiger partial charge on any atom is 0.508 e. The maximum absolute atomic E-state index is 12.3. The van der Waals surface area contributed by atoms with Gasteiger partial charge in [0.2, 0.25) is 0 Å². The Morgan fingerprint density at radius 2 is 1.07 bits per heavy atom. The molecule has 0 heterocycles. The first-order valence-corrected chi connectivity index (χ1v) is 12.4. The van der Waals surface area contributed by atoms with Crippen LogP contribution in [0, 0.1) is 23.7 Å². The van der Waals surface area contributed by atoms with Gasteiger partial charge in [0, 0.05) is 0 Å². The van der Waals surface area contributed by atoms with E-state index in [4.69, 9.17) is 9.47 Å². The highest BCUT2D eigenvalue weighted by molar-refractivity contribution is 5.60. The van der Waals surface area contributed by atoms with Gasteiger partial charge >= 0.3 is 6.16 Å². The average molecular weight is 395 g/mol. The van der Waals surface area contributed by atoms with Gasteiger partial charge in [0.25, 0.3) is 0 Å². The van der Waals surface area contributed by atoms with Crippen LogP contribution in [0.25, 0.3) is 0 Å². The Morgan fingerprint density at radius 3 is 1.39 bits per heavy atom. The summed E-state index contributed by atoms with van der Waals surface area (Å²) in [7, 11) is 0. The van der Waals surface area contributed by atoms with Crippen LogP contribution in [0.2, 0.25) is 0 Å². The Labute approximate surface area is 174 Å². The van der Waals surface area contributed by atoms with Gasteiger partial charge < -0.3 is 9.47 Å². The molecule has 2 atom stereocenters. The van der Waals surface area contributed by atoms with Gasteiger partial charge in [-0.15, -0.1) is 0 Å². The summed E-state index contributed by atoms with van der Waals surface area (Å²) in [6.07, 6.45) is 17.5. The van der Waals surface area contributed by atoms with Gasteiger partial charge in [0.1, 0.15) is 12.2 Å². The zero-order valence-electron chi connectivity index (χ0n) is 19.1. The number of ether oxygens (including phenoxy) is 2. The van der Waals surface area contributed by atoms with Crippen molar-refractivity contribution < 1.29 is 14.3 Å². The van der Waals surface area contributed by atoms with E-state index >= 15 is 0 Å². The summed E-state index contributed by atoms with van der Waals surface area (Å²) in [5, 5.41) is 0. The van der Waals surface area contributed by atoms with E-state index < -0.39 is 6.16 Å². The average Bonchev–Trinajstić information content (AvgIpc) is 2.71. The van der Waals surface area contributed by atoms with Crippen LogP contribution in [0.15, 0.2) is 0 Å². The molecule has 2 saturated carbocycles. The van der Waals surface area contributed by atoms with Gasteiger partial charge in [-0.25, -0.2) is 4.79 Å². The number of carbonyl (C=O) groups is 1. The molecule has 2 rings (SSSR count). The third kappa shape index (κ3) is 7.95. The van der Waals surface area contributed by atoms with Crippen LogP contribution in [0.1, 0.15) is 118 Å². The molecule has 3 heteroatoms. The van der Waals surface area contributed by atoms with Crippen molar-refractivity contribution in [2.75, 3.05) is 0 Å². The number of hydrogen-bond acceptors (Lipinski definition) is 3. The van der Waals surface area contributed by atoms with Crippen molar-refractivity contribution in [2.24, 2.45) is 23.7 Å². The topological polar surface area (TPSA) is 35.5 Å². The highest BCUT2D eigenvalue weighted by Gasteiger charge is 2.30. The molecule has 0 aromatic heterocycles. The van der Waals surface area contributed by atoms with Crippen molar-refractivity contribution in [2.45, 2.75) is 130 Å². The Morgan fingerprint density at radius 1 is 0.714 bits per heavy atom. The lowest BCUT2D eigenvalue weighted by Crippen LogP contribution is -2.32. The van der Waals surface area contributed by atoms with E-state index in [1.165, 1.54) is 89.9 Å². The molecule has 2 fully saturated rings. The van der Waals surface area contributed by atoms with Crippen molar-refractivity contribution in [3.05, 3.63) is 0 Å². The summed E-state index contributed by atoms with van der Waals surface area (Å²) in [4.78, 5) is 12.3. The molecule has 0 amide bonds. The molecule has 164 valence electrons. The smallest absolute Gasteiger partial charge is 0.431 e. The van der Waals surface area contributed by atoms with E-state index in [0.29, 0.717) is 11.8 Å². The van der Waals surface area contributed by atoms with Crippen LogP contribution in [0.4, 0.5) is 4.79 Å². The van der Waals surface area contributed by atoms with Crippen molar-refractivity contribution in [3.8, 4) is 0 Å². The quantitative estimate of drug-likeness (QED) is 0.353. The largest absolute Gasteiger partial charge is 0.508 e. The zero-order chi connectivity index (χ0) is 20.4. The monoisotopic (exact) mass is 394 g/mol. The molecule has 0 aliphatic heterocycles. The van der Waals surface area contributed by atoms with Crippen LogP contribution < -0.4 is 0 Å². The molecule has 0 N–H and O–H groups in total. The minimum Gasteiger partial charge on any atom is -0.431 e. The molecule has 2 unspecified atom stereocenters. The van der Waals surface area contributed by atoms with E-state index in [-0.39, 0.29) is 12.2 Å². The molecule has 0 radical (unpaired) electrons. The second-order valence-electron chi connectivity index (χ2n) is 9.74. The molecule has 0 bridgehead atoms. The van der Waals surface area contributed by atoms with E-state index in [1.807, 2.05) is 0 Å². The van der Waals surface area contributed by atoms with Crippen molar-refractivity contribution in [1.29, 1.82) is 0 Å². The van der Waals surface area contributed by atoms with Crippen LogP contribution in [0.3, 0.4) is 0 Å². The Kier molecular flexibility index (Phi) is 10.7. The molecule has 28 heavy (non-hydrogen) atoms. The minimum absolute atomic E-state index is 0.0170. The van der Waals surface area contributed by atoms with Gasteiger partial charge in [-0.05, 0) is 63.2 Å². The fraction of sp³-hybridized carbons (Fsp3) is 0.960. The fourth-order valence-corrected chi connectivity index (χ4v) is 5.40. The molecule has 0 spiro atoms. The maximum atomic E-state index is 12.3.